The second kappa shape index (κ2) is 6.93. The molecule has 0 radical (unpaired) electrons. The van der Waals surface area contributed by atoms with Crippen LogP contribution < -0.4 is 0 Å². The Hall–Kier alpha value is -0.830. The smallest absolute Gasteiger partial charge is 0.333 e. The molecular weight excluding hydrogens is 226 g/mol. The summed E-state index contributed by atoms with van der Waals surface area (Å²) in [7, 11) is 0. The van der Waals surface area contributed by atoms with Crippen LogP contribution in [0.1, 0.15) is 48.5 Å². The molecule has 18 heavy (non-hydrogen) atoms. The summed E-state index contributed by atoms with van der Waals surface area (Å²) in [6.07, 6.45) is 0. The molecule has 3 heteroatoms. The summed E-state index contributed by atoms with van der Waals surface area (Å²) in [4.78, 5) is 11.4. The van der Waals surface area contributed by atoms with E-state index in [1.165, 1.54) is 0 Å². The van der Waals surface area contributed by atoms with Gasteiger partial charge in [0.15, 0.2) is 0 Å². The number of hydrogen-bond acceptors (Lipinski definition) is 2. The number of ether oxygens (including phenoxy) is 1. The summed E-state index contributed by atoms with van der Waals surface area (Å²) < 4.78 is 6.22. The zero-order valence-electron chi connectivity index (χ0n) is 13.1. The molecule has 0 aromatic heterocycles. The Balaban J connectivity index is 4.72. The van der Waals surface area contributed by atoms with Gasteiger partial charge in [0, 0.05) is 5.57 Å². The van der Waals surface area contributed by atoms with E-state index in [1.807, 2.05) is 0 Å². The van der Waals surface area contributed by atoms with Gasteiger partial charge in [0.2, 0.25) is 0 Å². The van der Waals surface area contributed by atoms with Crippen molar-refractivity contribution < 1.29 is 14.0 Å². The molecule has 0 aliphatic carbocycles. The maximum atomic E-state index is 11.4. The molecule has 0 heterocycles. The van der Waals surface area contributed by atoms with Gasteiger partial charge < -0.3 is 9.22 Å². The lowest BCUT2D eigenvalue weighted by atomic mass is 10.1. The van der Waals surface area contributed by atoms with Crippen molar-refractivity contribution in [1.29, 1.82) is 0 Å². The van der Waals surface area contributed by atoms with Crippen molar-refractivity contribution >= 4 is 5.97 Å². The third kappa shape index (κ3) is 3.84. The molecule has 0 aromatic carbocycles. The normalized spacial score (nSPS) is 12.3. The minimum absolute atomic E-state index is 0.288. The van der Waals surface area contributed by atoms with Gasteiger partial charge in [-0.2, -0.15) is 0 Å². The molecule has 0 aromatic rings. The number of carbonyl (C=O) groups excluding carboxylic acids is 1. The van der Waals surface area contributed by atoms with Crippen molar-refractivity contribution in [3.63, 3.8) is 0 Å². The van der Waals surface area contributed by atoms with E-state index in [1.54, 1.807) is 6.92 Å². The summed E-state index contributed by atoms with van der Waals surface area (Å²) in [5.41, 5.74) is 0.465. The second-order valence-electron chi connectivity index (χ2n) is 5.92. The lowest BCUT2D eigenvalue weighted by Gasteiger charge is -2.49. The van der Waals surface area contributed by atoms with Gasteiger partial charge in [-0.15, -0.1) is 0 Å². The van der Waals surface area contributed by atoms with E-state index < -0.39 is 0 Å². The molecule has 0 unspecified atom stereocenters. The molecule has 0 aliphatic heterocycles. The first-order chi connectivity index (χ1) is 8.16. The maximum absolute atomic E-state index is 11.4. The second-order valence-corrected chi connectivity index (χ2v) is 5.92. The molecule has 0 bridgehead atoms. The van der Waals surface area contributed by atoms with Gasteiger partial charge in [-0.3, -0.25) is 0 Å². The number of nitrogens with zero attached hydrogens (tertiary/aromatic N) is 1. The van der Waals surface area contributed by atoms with Crippen LogP contribution >= 0.6 is 0 Å². The van der Waals surface area contributed by atoms with Gasteiger partial charge in [0.1, 0.15) is 13.2 Å². The van der Waals surface area contributed by atoms with E-state index in [-0.39, 0.29) is 5.97 Å². The number of carbonyl (C=O) groups is 1. The molecule has 0 saturated carbocycles. The van der Waals surface area contributed by atoms with Crippen LogP contribution in [0.4, 0.5) is 0 Å². The minimum Gasteiger partial charge on any atom is -0.456 e. The molecule has 0 N–H and O–H groups in total. The first-order valence-electron chi connectivity index (χ1n) is 6.86. The molecule has 3 nitrogen and oxygen atoms in total. The Labute approximate surface area is 112 Å². The molecule has 0 spiro atoms. The first kappa shape index (κ1) is 17.2. The van der Waals surface area contributed by atoms with E-state index in [0.29, 0.717) is 30.3 Å². The molecule has 0 amide bonds. The number of rotatable bonds is 7. The Morgan fingerprint density at radius 1 is 1.06 bits per heavy atom. The Bertz CT molecular complexity index is 271. The average Bonchev–Trinajstić information content (AvgIpc) is 2.21. The van der Waals surface area contributed by atoms with Gasteiger partial charge in [0.05, 0.1) is 18.1 Å². The predicted octanol–water partition coefficient (Wildman–Crippen LogP) is 3.15. The van der Waals surface area contributed by atoms with Crippen LogP contribution in [0, 0.1) is 0 Å². The highest BCUT2D eigenvalue weighted by atomic mass is 16.5. The first-order valence-corrected chi connectivity index (χ1v) is 6.86. The van der Waals surface area contributed by atoms with Crippen LogP contribution in [0.15, 0.2) is 12.2 Å². The van der Waals surface area contributed by atoms with E-state index in [0.717, 1.165) is 11.0 Å². The van der Waals surface area contributed by atoms with Crippen molar-refractivity contribution in [3.05, 3.63) is 12.2 Å². The highest BCUT2D eigenvalue weighted by Crippen LogP contribution is 2.24. The fourth-order valence-electron chi connectivity index (χ4n) is 2.98. The lowest BCUT2D eigenvalue weighted by Crippen LogP contribution is -2.63. The zero-order valence-corrected chi connectivity index (χ0v) is 13.1. The van der Waals surface area contributed by atoms with E-state index in [2.05, 4.69) is 48.1 Å². The summed E-state index contributed by atoms with van der Waals surface area (Å²) in [5, 5.41) is 0. The van der Waals surface area contributed by atoms with Crippen molar-refractivity contribution in [2.45, 2.75) is 66.6 Å². The molecule has 0 atom stereocenters. The summed E-state index contributed by atoms with van der Waals surface area (Å²) in [6.45, 7) is 20.0. The fourth-order valence-corrected chi connectivity index (χ4v) is 2.98. The lowest BCUT2D eigenvalue weighted by molar-refractivity contribution is -0.985. The Kier molecular flexibility index (Phi) is 6.61. The Morgan fingerprint density at radius 2 is 1.44 bits per heavy atom. The van der Waals surface area contributed by atoms with Gasteiger partial charge in [-0.25, -0.2) is 4.79 Å². The van der Waals surface area contributed by atoms with Crippen LogP contribution in [0.25, 0.3) is 0 Å². The summed E-state index contributed by atoms with van der Waals surface area (Å²) >= 11 is 0. The van der Waals surface area contributed by atoms with Crippen LogP contribution in [-0.2, 0) is 9.53 Å². The van der Waals surface area contributed by atoms with Crippen LogP contribution in [0.2, 0.25) is 0 Å². The molecule has 0 aliphatic rings. The molecule has 106 valence electrons. The van der Waals surface area contributed by atoms with Crippen molar-refractivity contribution in [2.75, 3.05) is 13.2 Å². The van der Waals surface area contributed by atoms with Crippen LogP contribution in [0.3, 0.4) is 0 Å². The fraction of sp³-hybridized carbons (Fsp3) is 0.800. The van der Waals surface area contributed by atoms with Gasteiger partial charge in [0.25, 0.3) is 0 Å². The monoisotopic (exact) mass is 256 g/mol. The summed E-state index contributed by atoms with van der Waals surface area (Å²) in [5.74, 6) is -0.288. The third-order valence-corrected chi connectivity index (χ3v) is 3.94. The zero-order chi connectivity index (χ0) is 14.5. The standard InChI is InChI=1S/C15H30NO2/c1-11(2)15(17)18-10-9-16(12(3)4,13(5)6)14(7)8/h12-14H,1,9-10H2,2-8H3/q+1. The summed E-state index contributed by atoms with van der Waals surface area (Å²) in [6, 6.07) is 1.52. The van der Waals surface area contributed by atoms with Crippen LogP contribution in [-0.4, -0.2) is 41.7 Å². The molecule has 0 rings (SSSR count). The average molecular weight is 256 g/mol. The highest BCUT2D eigenvalue weighted by molar-refractivity contribution is 5.86. The molecule has 0 fully saturated rings. The van der Waals surface area contributed by atoms with Crippen LogP contribution in [0.5, 0.6) is 0 Å². The number of hydrogen-bond donors (Lipinski definition) is 0. The molecular formula is C15H30NO2+. The minimum atomic E-state index is -0.288. The van der Waals surface area contributed by atoms with Crippen molar-refractivity contribution in [1.82, 2.24) is 0 Å². The quantitative estimate of drug-likeness (QED) is 0.397. The molecule has 0 saturated heterocycles. The van der Waals surface area contributed by atoms with E-state index in [4.69, 9.17) is 4.74 Å². The third-order valence-electron chi connectivity index (χ3n) is 3.94. The number of quaternary nitrogens is 1. The predicted molar refractivity (Wildman–Crippen MR) is 76.3 cm³/mol. The van der Waals surface area contributed by atoms with E-state index in [9.17, 15) is 4.79 Å². The Morgan fingerprint density at radius 3 is 1.72 bits per heavy atom. The van der Waals surface area contributed by atoms with Gasteiger partial charge in [-0.05, 0) is 48.5 Å². The largest absolute Gasteiger partial charge is 0.456 e. The van der Waals surface area contributed by atoms with Crippen molar-refractivity contribution in [2.24, 2.45) is 0 Å². The topological polar surface area (TPSA) is 26.3 Å². The highest BCUT2D eigenvalue weighted by Gasteiger charge is 2.37. The maximum Gasteiger partial charge on any atom is 0.333 e. The van der Waals surface area contributed by atoms with Crippen molar-refractivity contribution in [3.8, 4) is 0 Å². The SMILES string of the molecule is C=C(C)C(=O)OCC[N+](C(C)C)(C(C)C)C(C)C. The number of esters is 1. The van der Waals surface area contributed by atoms with E-state index >= 15 is 0 Å². The van der Waals surface area contributed by atoms with Gasteiger partial charge in [-0.1, -0.05) is 6.58 Å². The van der Waals surface area contributed by atoms with Gasteiger partial charge >= 0.3 is 5.97 Å².